The molecule has 3 nitrogen and oxygen atoms in total. The number of halogens is 3. The monoisotopic (exact) mass is 227 g/mol. The quantitative estimate of drug-likeness (QED) is 0.748. The number of aliphatic hydroxyl groups is 1. The molecule has 0 saturated carbocycles. The zero-order valence-electron chi connectivity index (χ0n) is 8.68. The fraction of sp³-hybridized carbons (Fsp3) is 0.889. The van der Waals surface area contributed by atoms with E-state index in [0.717, 1.165) is 4.90 Å². The first-order chi connectivity index (χ1) is 6.90. The highest BCUT2D eigenvalue weighted by Crippen LogP contribution is 2.17. The molecule has 0 aromatic heterocycles. The predicted molar refractivity (Wildman–Crippen MR) is 49.2 cm³/mol. The summed E-state index contributed by atoms with van der Waals surface area (Å²) in [5, 5.41) is 8.47. The van der Waals surface area contributed by atoms with E-state index in [-0.39, 0.29) is 26.0 Å². The lowest BCUT2D eigenvalue weighted by atomic mass is 10.2. The van der Waals surface area contributed by atoms with Gasteiger partial charge >= 0.3 is 6.18 Å². The third-order valence-electron chi connectivity index (χ3n) is 1.77. The third kappa shape index (κ3) is 7.18. The van der Waals surface area contributed by atoms with E-state index in [1.54, 1.807) is 6.92 Å². The molecule has 0 aliphatic carbocycles. The van der Waals surface area contributed by atoms with Crippen molar-refractivity contribution in [2.45, 2.75) is 32.4 Å². The Labute approximate surface area is 86.9 Å². The van der Waals surface area contributed by atoms with Gasteiger partial charge in [-0.2, -0.15) is 13.2 Å². The molecule has 0 atom stereocenters. The van der Waals surface area contributed by atoms with Crippen LogP contribution in [0.3, 0.4) is 0 Å². The molecule has 0 radical (unpaired) electrons. The van der Waals surface area contributed by atoms with Crippen LogP contribution in [0.2, 0.25) is 0 Å². The standard InChI is InChI=1S/C9H16F3NO2/c1-2-5-13(7-9(10,11)12)8(15)4-3-6-14/h14H,2-7H2,1H3. The van der Waals surface area contributed by atoms with Crippen molar-refractivity contribution in [1.82, 2.24) is 4.90 Å². The Hall–Kier alpha value is -0.780. The van der Waals surface area contributed by atoms with Crippen molar-refractivity contribution in [2.24, 2.45) is 0 Å². The molecule has 0 aliphatic rings. The first kappa shape index (κ1) is 14.2. The van der Waals surface area contributed by atoms with Crippen molar-refractivity contribution in [2.75, 3.05) is 19.7 Å². The molecule has 0 fully saturated rings. The maximum Gasteiger partial charge on any atom is 0.406 e. The highest BCUT2D eigenvalue weighted by molar-refractivity contribution is 5.76. The van der Waals surface area contributed by atoms with Crippen molar-refractivity contribution in [3.05, 3.63) is 0 Å². The molecule has 0 unspecified atom stereocenters. The largest absolute Gasteiger partial charge is 0.406 e. The van der Waals surface area contributed by atoms with Gasteiger partial charge in [-0.25, -0.2) is 0 Å². The minimum Gasteiger partial charge on any atom is -0.396 e. The van der Waals surface area contributed by atoms with Crippen LogP contribution in [0.1, 0.15) is 26.2 Å². The Kier molecular flexibility index (Phi) is 6.31. The molecule has 0 aliphatic heterocycles. The van der Waals surface area contributed by atoms with E-state index in [1.165, 1.54) is 0 Å². The molecule has 90 valence electrons. The summed E-state index contributed by atoms with van der Waals surface area (Å²) >= 11 is 0. The SMILES string of the molecule is CCCN(CC(F)(F)F)C(=O)CCCO. The van der Waals surface area contributed by atoms with E-state index in [4.69, 9.17) is 5.11 Å². The predicted octanol–water partition coefficient (Wildman–Crippen LogP) is 1.56. The van der Waals surface area contributed by atoms with Crippen LogP contribution < -0.4 is 0 Å². The first-order valence-corrected chi connectivity index (χ1v) is 4.86. The van der Waals surface area contributed by atoms with Gasteiger partial charge in [0.2, 0.25) is 5.91 Å². The van der Waals surface area contributed by atoms with Crippen molar-refractivity contribution in [3.63, 3.8) is 0 Å². The highest BCUT2D eigenvalue weighted by Gasteiger charge is 2.32. The topological polar surface area (TPSA) is 40.5 Å². The van der Waals surface area contributed by atoms with Gasteiger partial charge in [0.25, 0.3) is 0 Å². The smallest absolute Gasteiger partial charge is 0.396 e. The second kappa shape index (κ2) is 6.66. The molecular formula is C9H16F3NO2. The van der Waals surface area contributed by atoms with E-state index in [0.29, 0.717) is 6.42 Å². The Balaban J connectivity index is 4.18. The molecule has 0 aromatic carbocycles. The van der Waals surface area contributed by atoms with Crippen molar-refractivity contribution < 1.29 is 23.1 Å². The zero-order chi connectivity index (χ0) is 11.9. The molecule has 0 rings (SSSR count). The van der Waals surface area contributed by atoms with E-state index < -0.39 is 18.6 Å². The molecule has 0 aromatic rings. The number of carbonyl (C=O) groups excluding carboxylic acids is 1. The zero-order valence-corrected chi connectivity index (χ0v) is 8.68. The lowest BCUT2D eigenvalue weighted by molar-refractivity contribution is -0.161. The lowest BCUT2D eigenvalue weighted by Gasteiger charge is -2.23. The highest BCUT2D eigenvalue weighted by atomic mass is 19.4. The van der Waals surface area contributed by atoms with Crippen LogP contribution >= 0.6 is 0 Å². The maximum absolute atomic E-state index is 12.1. The van der Waals surface area contributed by atoms with Crippen molar-refractivity contribution in [3.8, 4) is 0 Å². The summed E-state index contributed by atoms with van der Waals surface area (Å²) in [7, 11) is 0. The molecule has 1 N–H and O–H groups in total. The minimum absolute atomic E-state index is 0.0351. The van der Waals surface area contributed by atoms with Crippen LogP contribution in [0.4, 0.5) is 13.2 Å². The molecule has 0 heterocycles. The van der Waals surface area contributed by atoms with Crippen LogP contribution in [0.25, 0.3) is 0 Å². The summed E-state index contributed by atoms with van der Waals surface area (Å²) in [5.74, 6) is -0.553. The first-order valence-electron chi connectivity index (χ1n) is 4.86. The molecule has 0 bridgehead atoms. The van der Waals surface area contributed by atoms with Crippen LogP contribution in [0, 0.1) is 0 Å². The second-order valence-electron chi connectivity index (χ2n) is 3.26. The Bertz CT molecular complexity index is 194. The molecular weight excluding hydrogens is 211 g/mol. The minimum atomic E-state index is -4.36. The second-order valence-corrected chi connectivity index (χ2v) is 3.26. The molecule has 1 amide bonds. The summed E-state index contributed by atoms with van der Waals surface area (Å²) in [5.41, 5.74) is 0. The summed E-state index contributed by atoms with van der Waals surface area (Å²) in [6.07, 6.45) is -3.70. The number of rotatable bonds is 6. The number of carbonyl (C=O) groups is 1. The average molecular weight is 227 g/mol. The van der Waals surface area contributed by atoms with Gasteiger partial charge in [-0.1, -0.05) is 6.92 Å². The maximum atomic E-state index is 12.1. The number of aliphatic hydroxyl groups excluding tert-OH is 1. The Morgan fingerprint density at radius 3 is 2.40 bits per heavy atom. The van der Waals surface area contributed by atoms with Gasteiger partial charge in [-0.15, -0.1) is 0 Å². The summed E-state index contributed by atoms with van der Waals surface area (Å²) in [6.45, 7) is 0.426. The molecule has 15 heavy (non-hydrogen) atoms. The van der Waals surface area contributed by atoms with E-state index in [2.05, 4.69) is 0 Å². The average Bonchev–Trinajstić information content (AvgIpc) is 2.11. The number of alkyl halides is 3. The van der Waals surface area contributed by atoms with Gasteiger partial charge in [0, 0.05) is 19.6 Å². The van der Waals surface area contributed by atoms with Crippen LogP contribution in [0.15, 0.2) is 0 Å². The van der Waals surface area contributed by atoms with E-state index in [1.807, 2.05) is 0 Å². The van der Waals surface area contributed by atoms with Gasteiger partial charge < -0.3 is 10.0 Å². The summed E-state index contributed by atoms with van der Waals surface area (Å²) < 4.78 is 36.2. The van der Waals surface area contributed by atoms with Crippen molar-refractivity contribution >= 4 is 5.91 Å². The lowest BCUT2D eigenvalue weighted by Crippen LogP contribution is -2.39. The van der Waals surface area contributed by atoms with Gasteiger partial charge in [-0.05, 0) is 12.8 Å². The van der Waals surface area contributed by atoms with Gasteiger partial charge in [0.15, 0.2) is 0 Å². The fourth-order valence-electron chi connectivity index (χ4n) is 1.17. The Morgan fingerprint density at radius 2 is 2.00 bits per heavy atom. The van der Waals surface area contributed by atoms with Gasteiger partial charge in [0.05, 0.1) is 0 Å². The number of hydrogen-bond donors (Lipinski definition) is 1. The normalized spacial score (nSPS) is 11.5. The van der Waals surface area contributed by atoms with E-state index >= 15 is 0 Å². The molecule has 0 saturated heterocycles. The summed E-state index contributed by atoms with van der Waals surface area (Å²) in [6, 6.07) is 0. The third-order valence-corrected chi connectivity index (χ3v) is 1.77. The number of amides is 1. The van der Waals surface area contributed by atoms with Gasteiger partial charge in [-0.3, -0.25) is 4.79 Å². The number of nitrogens with zero attached hydrogens (tertiary/aromatic N) is 1. The van der Waals surface area contributed by atoms with Gasteiger partial charge in [0.1, 0.15) is 6.54 Å². The Morgan fingerprint density at radius 1 is 1.40 bits per heavy atom. The number of hydrogen-bond acceptors (Lipinski definition) is 2. The van der Waals surface area contributed by atoms with Crippen LogP contribution in [0.5, 0.6) is 0 Å². The van der Waals surface area contributed by atoms with Crippen molar-refractivity contribution in [1.29, 1.82) is 0 Å². The molecule has 0 spiro atoms. The van der Waals surface area contributed by atoms with E-state index in [9.17, 15) is 18.0 Å². The fourth-order valence-corrected chi connectivity index (χ4v) is 1.17. The molecule has 6 heteroatoms. The summed E-state index contributed by atoms with van der Waals surface area (Å²) in [4.78, 5) is 12.1. The van der Waals surface area contributed by atoms with Crippen LogP contribution in [-0.4, -0.2) is 41.8 Å². The van der Waals surface area contributed by atoms with Crippen LogP contribution in [-0.2, 0) is 4.79 Å².